The van der Waals surface area contributed by atoms with Gasteiger partial charge in [0.05, 0.1) is 10.2 Å². The molecule has 0 radical (unpaired) electrons. The van der Waals surface area contributed by atoms with Crippen molar-refractivity contribution in [2.45, 2.75) is 26.7 Å². The zero-order chi connectivity index (χ0) is 17.6. The van der Waals surface area contributed by atoms with Gasteiger partial charge in [0.15, 0.2) is 0 Å². The average Bonchev–Trinajstić information content (AvgIpc) is 2.99. The van der Waals surface area contributed by atoms with Crippen molar-refractivity contribution in [3.05, 3.63) is 23.7 Å². The number of carbonyl (C=O) groups is 1. The fourth-order valence-corrected chi connectivity index (χ4v) is 4.86. The van der Waals surface area contributed by atoms with Crippen molar-refractivity contribution in [2.24, 2.45) is 11.8 Å². The highest BCUT2D eigenvalue weighted by atomic mass is 32.1. The Morgan fingerprint density at radius 1 is 1.32 bits per heavy atom. The third-order valence-corrected chi connectivity index (χ3v) is 5.91. The zero-order valence-electron chi connectivity index (χ0n) is 14.2. The molecule has 4 heterocycles. The van der Waals surface area contributed by atoms with Crippen LogP contribution < -0.4 is 16.2 Å². The number of nitrogens with two attached hydrogens (primary N) is 1. The maximum atomic E-state index is 11.7. The van der Waals surface area contributed by atoms with Gasteiger partial charge in [0.2, 0.25) is 5.91 Å². The van der Waals surface area contributed by atoms with Gasteiger partial charge in [0, 0.05) is 30.1 Å². The Balaban J connectivity index is 1.74. The predicted molar refractivity (Wildman–Crippen MR) is 99.5 cm³/mol. The smallest absolute Gasteiger partial charge is 0.237 e. The molecule has 4 rings (SSSR count). The first-order valence-corrected chi connectivity index (χ1v) is 9.17. The van der Waals surface area contributed by atoms with E-state index in [1.54, 1.807) is 17.7 Å². The maximum Gasteiger partial charge on any atom is 0.237 e. The number of hydrazine groups is 1. The Kier molecular flexibility index (Phi) is 4.01. The van der Waals surface area contributed by atoms with Gasteiger partial charge in [-0.3, -0.25) is 10.2 Å². The van der Waals surface area contributed by atoms with E-state index in [9.17, 15) is 4.79 Å². The van der Waals surface area contributed by atoms with Crippen LogP contribution >= 0.6 is 11.3 Å². The summed E-state index contributed by atoms with van der Waals surface area (Å²) in [6.45, 7) is 5.67. The molecule has 0 unspecified atom stereocenters. The molecule has 0 spiro atoms. The molecule has 3 aromatic rings. The van der Waals surface area contributed by atoms with E-state index >= 15 is 0 Å². The molecule has 0 aliphatic carbocycles. The van der Waals surface area contributed by atoms with Crippen molar-refractivity contribution in [3.8, 4) is 0 Å². The van der Waals surface area contributed by atoms with Gasteiger partial charge in [-0.05, 0) is 38.3 Å². The molecule has 0 aromatic carbocycles. The average molecular weight is 356 g/mol. The van der Waals surface area contributed by atoms with Crippen LogP contribution in [0.2, 0.25) is 0 Å². The summed E-state index contributed by atoms with van der Waals surface area (Å²) in [5.74, 6) is 6.09. The first kappa shape index (κ1) is 16.2. The second-order valence-corrected chi connectivity index (χ2v) is 7.51. The van der Waals surface area contributed by atoms with Crippen LogP contribution in [0.25, 0.3) is 20.4 Å². The summed E-state index contributed by atoms with van der Waals surface area (Å²) in [4.78, 5) is 28.7. The zero-order valence-corrected chi connectivity index (χ0v) is 15.1. The summed E-state index contributed by atoms with van der Waals surface area (Å²) in [5.41, 5.74) is 5.43. The van der Waals surface area contributed by atoms with Gasteiger partial charge in [0.1, 0.15) is 17.0 Å². The number of nitrogens with one attached hydrogen (secondary N) is 1. The fourth-order valence-electron chi connectivity index (χ4n) is 3.59. The molecule has 1 fully saturated rings. The first-order chi connectivity index (χ1) is 12.1. The summed E-state index contributed by atoms with van der Waals surface area (Å²) in [5, 5.41) is 1.12. The molecule has 1 aliphatic rings. The molecule has 8 heteroatoms. The van der Waals surface area contributed by atoms with Crippen molar-refractivity contribution in [2.75, 3.05) is 18.0 Å². The van der Waals surface area contributed by atoms with Crippen LogP contribution in [0.15, 0.2) is 12.4 Å². The summed E-state index contributed by atoms with van der Waals surface area (Å²) in [6, 6.07) is 2.09. The van der Waals surface area contributed by atoms with E-state index in [2.05, 4.69) is 38.3 Å². The molecule has 7 nitrogen and oxygen atoms in total. The standard InChI is InChI=1S/C17H20N6OS/c1-9-7-10(2)21-17-12(9)13-14(25-17)15(20-8-19-13)23-5-3-11(4-6-23)16(24)22-18/h7-8,11H,3-6,18H2,1-2H3,(H,22,24). The van der Waals surface area contributed by atoms with E-state index in [0.717, 1.165) is 57.9 Å². The number of fused-ring (bicyclic) bond motifs is 3. The number of aryl methyl sites for hydroxylation is 2. The molecule has 1 aliphatic heterocycles. The molecule has 25 heavy (non-hydrogen) atoms. The Morgan fingerprint density at radius 2 is 2.08 bits per heavy atom. The van der Waals surface area contributed by atoms with E-state index < -0.39 is 0 Å². The third-order valence-electron chi connectivity index (χ3n) is 4.84. The molecule has 130 valence electrons. The van der Waals surface area contributed by atoms with Gasteiger partial charge in [0.25, 0.3) is 0 Å². The molecule has 3 N–H and O–H groups in total. The fraction of sp³-hybridized carbons (Fsp3) is 0.412. The highest BCUT2D eigenvalue weighted by Gasteiger charge is 2.27. The molecular weight excluding hydrogens is 336 g/mol. The number of piperidine rings is 1. The SMILES string of the molecule is Cc1cc(C)c2c(n1)sc1c(N3CCC(C(=O)NN)CC3)ncnc12. The predicted octanol–water partition coefficient (Wildman–Crippen LogP) is 2.06. The maximum absolute atomic E-state index is 11.7. The number of nitrogens with zero attached hydrogens (tertiary/aromatic N) is 4. The van der Waals surface area contributed by atoms with Crippen molar-refractivity contribution in [1.29, 1.82) is 0 Å². The number of aromatic nitrogens is 3. The van der Waals surface area contributed by atoms with Crippen molar-refractivity contribution < 1.29 is 4.79 Å². The van der Waals surface area contributed by atoms with Crippen molar-refractivity contribution in [1.82, 2.24) is 20.4 Å². The summed E-state index contributed by atoms with van der Waals surface area (Å²) < 4.78 is 1.07. The van der Waals surface area contributed by atoms with E-state index in [1.807, 2.05) is 6.92 Å². The van der Waals surface area contributed by atoms with Crippen LogP contribution in [0.1, 0.15) is 24.1 Å². The van der Waals surface area contributed by atoms with E-state index in [-0.39, 0.29) is 11.8 Å². The Labute approximate surface area is 149 Å². The lowest BCUT2D eigenvalue weighted by molar-refractivity contribution is -0.125. The van der Waals surface area contributed by atoms with E-state index in [1.165, 1.54) is 5.56 Å². The molecule has 1 saturated heterocycles. The quantitative estimate of drug-likeness (QED) is 0.414. The molecular formula is C17H20N6OS. The minimum absolute atomic E-state index is 0.0208. The first-order valence-electron chi connectivity index (χ1n) is 8.35. The highest BCUT2D eigenvalue weighted by Crippen LogP contribution is 2.38. The summed E-state index contributed by atoms with van der Waals surface area (Å²) in [6.07, 6.45) is 3.17. The minimum Gasteiger partial charge on any atom is -0.355 e. The van der Waals surface area contributed by atoms with Gasteiger partial charge in [-0.15, -0.1) is 11.3 Å². The van der Waals surface area contributed by atoms with Gasteiger partial charge in [-0.1, -0.05) is 0 Å². The van der Waals surface area contributed by atoms with Gasteiger partial charge < -0.3 is 4.90 Å². The number of anilines is 1. The molecule has 1 amide bonds. The summed E-state index contributed by atoms with van der Waals surface area (Å²) >= 11 is 1.64. The number of carbonyl (C=O) groups excluding carboxylic acids is 1. The number of thiophene rings is 1. The summed E-state index contributed by atoms with van der Waals surface area (Å²) in [7, 11) is 0. The van der Waals surface area contributed by atoms with Gasteiger partial charge in [-0.25, -0.2) is 20.8 Å². The number of amides is 1. The van der Waals surface area contributed by atoms with Crippen molar-refractivity contribution in [3.63, 3.8) is 0 Å². The molecule has 0 saturated carbocycles. The minimum atomic E-state index is -0.0790. The van der Waals surface area contributed by atoms with Crippen LogP contribution in [0.5, 0.6) is 0 Å². The lowest BCUT2D eigenvalue weighted by Gasteiger charge is -2.31. The van der Waals surface area contributed by atoms with E-state index in [4.69, 9.17) is 5.84 Å². The number of hydrogen-bond donors (Lipinski definition) is 2. The van der Waals surface area contributed by atoms with Crippen LogP contribution in [-0.2, 0) is 4.79 Å². The number of pyridine rings is 1. The Bertz CT molecular complexity index is 961. The highest BCUT2D eigenvalue weighted by molar-refractivity contribution is 7.26. The molecule has 3 aromatic heterocycles. The monoisotopic (exact) mass is 356 g/mol. The van der Waals surface area contributed by atoms with Crippen molar-refractivity contribution >= 4 is 43.5 Å². The topological polar surface area (TPSA) is 97.0 Å². The normalized spacial score (nSPS) is 15.9. The number of hydrogen-bond acceptors (Lipinski definition) is 7. The third kappa shape index (κ3) is 2.71. The Morgan fingerprint density at radius 3 is 2.80 bits per heavy atom. The van der Waals surface area contributed by atoms with Gasteiger partial charge in [-0.2, -0.15) is 0 Å². The number of rotatable bonds is 2. The lowest BCUT2D eigenvalue weighted by atomic mass is 9.96. The van der Waals surface area contributed by atoms with Crippen LogP contribution in [0.3, 0.4) is 0 Å². The largest absolute Gasteiger partial charge is 0.355 e. The lowest BCUT2D eigenvalue weighted by Crippen LogP contribution is -2.43. The second kappa shape index (κ2) is 6.20. The molecule has 0 atom stereocenters. The Hall–Kier alpha value is -2.32. The van der Waals surface area contributed by atoms with E-state index in [0.29, 0.717) is 0 Å². The second-order valence-electron chi connectivity index (χ2n) is 6.51. The molecule has 0 bridgehead atoms. The van der Waals surface area contributed by atoms with Crippen LogP contribution in [0, 0.1) is 19.8 Å². The van der Waals surface area contributed by atoms with Crippen LogP contribution in [-0.4, -0.2) is 33.9 Å². The van der Waals surface area contributed by atoms with Gasteiger partial charge >= 0.3 is 0 Å². The van der Waals surface area contributed by atoms with Crippen LogP contribution in [0.4, 0.5) is 5.82 Å².